The summed E-state index contributed by atoms with van der Waals surface area (Å²) in [6.07, 6.45) is 0. The van der Waals surface area contributed by atoms with Crippen molar-refractivity contribution in [2.24, 2.45) is 0 Å². The van der Waals surface area contributed by atoms with Crippen LogP contribution < -0.4 is 5.32 Å². The minimum atomic E-state index is -3.13. The third-order valence-electron chi connectivity index (χ3n) is 3.04. The van der Waals surface area contributed by atoms with Gasteiger partial charge in [0.2, 0.25) is 0 Å². The van der Waals surface area contributed by atoms with Crippen molar-refractivity contribution >= 4 is 26.6 Å². The van der Waals surface area contributed by atoms with Crippen molar-refractivity contribution in [1.82, 2.24) is 10.3 Å². The molecule has 1 N–H and O–H groups in total. The lowest BCUT2D eigenvalue weighted by atomic mass is 10.2. The fourth-order valence-electron chi connectivity index (χ4n) is 1.79. The molecule has 0 spiro atoms. The molecule has 5 nitrogen and oxygen atoms in total. The van der Waals surface area contributed by atoms with Crippen LogP contribution in [0.3, 0.4) is 0 Å². The molecular formula is C14H15FN2O3S. The Labute approximate surface area is 122 Å². The number of nitrogens with zero attached hydrogens (tertiary/aromatic N) is 1. The van der Waals surface area contributed by atoms with Crippen LogP contribution in [0, 0.1) is 5.82 Å². The maximum atomic E-state index is 13.6. The molecule has 21 heavy (non-hydrogen) atoms. The molecule has 1 amide bonds. The highest BCUT2D eigenvalue weighted by molar-refractivity contribution is 7.91. The maximum absolute atomic E-state index is 13.6. The molecule has 1 aromatic carbocycles. The van der Waals surface area contributed by atoms with Crippen LogP contribution in [0.4, 0.5) is 4.39 Å². The number of carbonyl (C=O) groups is 1. The maximum Gasteiger partial charge on any atom is 0.269 e. The van der Waals surface area contributed by atoms with Crippen molar-refractivity contribution in [3.8, 4) is 0 Å². The van der Waals surface area contributed by atoms with Crippen LogP contribution in [-0.2, 0) is 9.84 Å². The van der Waals surface area contributed by atoms with Gasteiger partial charge in [-0.3, -0.25) is 4.79 Å². The lowest BCUT2D eigenvalue weighted by Crippen LogP contribution is -2.30. The smallest absolute Gasteiger partial charge is 0.269 e. The van der Waals surface area contributed by atoms with Gasteiger partial charge in [0.05, 0.1) is 5.75 Å². The van der Waals surface area contributed by atoms with Gasteiger partial charge in [0.1, 0.15) is 17.0 Å². The quantitative estimate of drug-likeness (QED) is 0.909. The van der Waals surface area contributed by atoms with Crippen molar-refractivity contribution in [1.29, 1.82) is 0 Å². The van der Waals surface area contributed by atoms with E-state index >= 15 is 0 Å². The number of halogens is 1. The Morgan fingerprint density at radius 1 is 1.29 bits per heavy atom. The van der Waals surface area contributed by atoms with Crippen LogP contribution in [0.1, 0.15) is 17.4 Å². The van der Waals surface area contributed by atoms with Gasteiger partial charge < -0.3 is 5.32 Å². The number of nitrogens with one attached hydrogen (secondary N) is 1. The molecule has 0 saturated carbocycles. The molecule has 0 aliphatic carbocycles. The monoisotopic (exact) mass is 310 g/mol. The van der Waals surface area contributed by atoms with Gasteiger partial charge in [-0.25, -0.2) is 17.8 Å². The molecule has 0 aliphatic heterocycles. The summed E-state index contributed by atoms with van der Waals surface area (Å²) in [6, 6.07) is 7.61. The number of para-hydroxylation sites is 1. The summed E-state index contributed by atoms with van der Waals surface area (Å²) < 4.78 is 36.3. The standard InChI is InChI=1S/C14H15FN2O3S/c1-2-21(19,20)9-8-16-14(18)12-7-6-10-4-3-5-11(15)13(10)17-12/h3-7H,2,8-9H2,1H3,(H,16,18). The van der Waals surface area contributed by atoms with Crippen LogP contribution in [0.2, 0.25) is 0 Å². The molecular weight excluding hydrogens is 295 g/mol. The van der Waals surface area contributed by atoms with Gasteiger partial charge in [0, 0.05) is 17.7 Å². The van der Waals surface area contributed by atoms with Gasteiger partial charge in [-0.2, -0.15) is 0 Å². The Morgan fingerprint density at radius 3 is 2.76 bits per heavy atom. The Morgan fingerprint density at radius 2 is 2.05 bits per heavy atom. The Kier molecular flexibility index (Phi) is 4.52. The fourth-order valence-corrected chi connectivity index (χ4v) is 2.49. The molecule has 1 heterocycles. The lowest BCUT2D eigenvalue weighted by Gasteiger charge is -2.06. The van der Waals surface area contributed by atoms with Crippen molar-refractivity contribution in [3.05, 3.63) is 41.8 Å². The third kappa shape index (κ3) is 3.75. The SMILES string of the molecule is CCS(=O)(=O)CCNC(=O)c1ccc2cccc(F)c2n1. The number of benzene rings is 1. The van der Waals surface area contributed by atoms with Crippen molar-refractivity contribution in [3.63, 3.8) is 0 Å². The van der Waals surface area contributed by atoms with Gasteiger partial charge in [-0.15, -0.1) is 0 Å². The van der Waals surface area contributed by atoms with Gasteiger partial charge >= 0.3 is 0 Å². The molecule has 2 rings (SSSR count). The largest absolute Gasteiger partial charge is 0.350 e. The molecule has 0 unspecified atom stereocenters. The molecule has 112 valence electrons. The molecule has 7 heteroatoms. The second-order valence-corrected chi connectivity index (χ2v) is 6.97. The first-order valence-electron chi connectivity index (χ1n) is 6.47. The zero-order valence-corrected chi connectivity index (χ0v) is 12.3. The molecule has 0 bridgehead atoms. The Bertz CT molecular complexity index is 775. The zero-order chi connectivity index (χ0) is 15.5. The van der Waals surface area contributed by atoms with Crippen molar-refractivity contribution in [2.45, 2.75) is 6.92 Å². The predicted molar refractivity (Wildman–Crippen MR) is 78.4 cm³/mol. The van der Waals surface area contributed by atoms with E-state index in [1.807, 2.05) is 0 Å². The third-order valence-corrected chi connectivity index (χ3v) is 4.75. The highest BCUT2D eigenvalue weighted by Crippen LogP contribution is 2.15. The predicted octanol–water partition coefficient (Wildman–Crippen LogP) is 1.54. The second-order valence-electron chi connectivity index (χ2n) is 4.50. The first-order chi connectivity index (χ1) is 9.93. The number of amides is 1. The van der Waals surface area contributed by atoms with Gasteiger partial charge in [-0.05, 0) is 12.1 Å². The van der Waals surface area contributed by atoms with E-state index in [1.165, 1.54) is 12.1 Å². The summed E-state index contributed by atoms with van der Waals surface area (Å²) in [6.45, 7) is 1.55. The molecule has 0 radical (unpaired) electrons. The van der Waals surface area contributed by atoms with E-state index < -0.39 is 21.6 Å². The fraction of sp³-hybridized carbons (Fsp3) is 0.286. The Balaban J connectivity index is 2.11. The molecule has 0 fully saturated rings. The normalized spacial score (nSPS) is 11.5. The Hall–Kier alpha value is -2.02. The number of sulfone groups is 1. The number of pyridine rings is 1. The minimum absolute atomic E-state index is 0.00595. The van der Waals surface area contributed by atoms with Crippen molar-refractivity contribution < 1.29 is 17.6 Å². The minimum Gasteiger partial charge on any atom is -0.350 e. The average molecular weight is 310 g/mol. The highest BCUT2D eigenvalue weighted by Gasteiger charge is 2.12. The van der Waals surface area contributed by atoms with E-state index in [2.05, 4.69) is 10.3 Å². The van der Waals surface area contributed by atoms with Gasteiger partial charge in [0.15, 0.2) is 9.84 Å². The van der Waals surface area contributed by atoms with Gasteiger partial charge in [-0.1, -0.05) is 25.1 Å². The van der Waals surface area contributed by atoms with E-state index in [-0.39, 0.29) is 29.3 Å². The van der Waals surface area contributed by atoms with Gasteiger partial charge in [0.25, 0.3) is 5.91 Å². The number of aromatic nitrogens is 1. The van der Waals surface area contributed by atoms with Crippen LogP contribution in [0.5, 0.6) is 0 Å². The van der Waals surface area contributed by atoms with Crippen LogP contribution in [-0.4, -0.2) is 37.4 Å². The molecule has 0 aliphatic rings. The number of hydrogen-bond donors (Lipinski definition) is 1. The first-order valence-corrected chi connectivity index (χ1v) is 8.29. The summed E-state index contributed by atoms with van der Waals surface area (Å²) in [7, 11) is -3.13. The van der Waals surface area contributed by atoms with Crippen LogP contribution in [0.25, 0.3) is 10.9 Å². The molecule has 2 aromatic rings. The van der Waals surface area contributed by atoms with Crippen molar-refractivity contribution in [2.75, 3.05) is 18.1 Å². The number of hydrogen-bond acceptors (Lipinski definition) is 4. The molecule has 0 atom stereocenters. The summed E-state index contributed by atoms with van der Waals surface area (Å²) in [4.78, 5) is 15.9. The summed E-state index contributed by atoms with van der Waals surface area (Å²) in [5, 5.41) is 3.07. The second kappa shape index (κ2) is 6.17. The molecule has 0 saturated heterocycles. The summed E-state index contributed by atoms with van der Waals surface area (Å²) in [5.74, 6) is -1.12. The zero-order valence-electron chi connectivity index (χ0n) is 11.5. The van der Waals surface area contributed by atoms with E-state index in [0.717, 1.165) is 0 Å². The first kappa shape index (κ1) is 15.4. The summed E-state index contributed by atoms with van der Waals surface area (Å²) >= 11 is 0. The number of fused-ring (bicyclic) bond motifs is 1. The van der Waals surface area contributed by atoms with E-state index in [9.17, 15) is 17.6 Å². The van der Waals surface area contributed by atoms with Crippen LogP contribution in [0.15, 0.2) is 30.3 Å². The lowest BCUT2D eigenvalue weighted by molar-refractivity contribution is 0.0951. The summed E-state index contributed by atoms with van der Waals surface area (Å²) in [5.41, 5.74) is 0.174. The molecule has 1 aromatic heterocycles. The van der Waals surface area contributed by atoms with E-state index in [1.54, 1.807) is 25.1 Å². The number of carbonyl (C=O) groups excluding carboxylic acids is 1. The highest BCUT2D eigenvalue weighted by atomic mass is 32.2. The topological polar surface area (TPSA) is 76.1 Å². The number of rotatable bonds is 5. The van der Waals surface area contributed by atoms with E-state index in [4.69, 9.17) is 0 Å². The average Bonchev–Trinajstić information content (AvgIpc) is 2.47. The van der Waals surface area contributed by atoms with E-state index in [0.29, 0.717) is 5.39 Å². The van der Waals surface area contributed by atoms with Crippen LogP contribution >= 0.6 is 0 Å².